The third-order valence-corrected chi connectivity index (χ3v) is 3.68. The molecule has 2 rings (SSSR count). The van der Waals surface area contributed by atoms with Crippen LogP contribution < -0.4 is 5.32 Å². The molecule has 0 spiro atoms. The molecular formula is C13H20ClN3. The number of anilines is 1. The third kappa shape index (κ3) is 3.33. The van der Waals surface area contributed by atoms with E-state index in [1.54, 1.807) is 6.20 Å². The summed E-state index contributed by atoms with van der Waals surface area (Å²) in [4.78, 5) is 6.60. The molecule has 3 nitrogen and oxygen atoms in total. The Morgan fingerprint density at radius 2 is 2.12 bits per heavy atom. The highest BCUT2D eigenvalue weighted by Crippen LogP contribution is 2.22. The Kier molecular flexibility index (Phi) is 4.24. The maximum absolute atomic E-state index is 6.04. The first kappa shape index (κ1) is 12.7. The van der Waals surface area contributed by atoms with Gasteiger partial charge in [0.1, 0.15) is 0 Å². The summed E-state index contributed by atoms with van der Waals surface area (Å²) in [6, 6.07) is 5.08. The lowest BCUT2D eigenvalue weighted by atomic mass is 10.0. The topological polar surface area (TPSA) is 28.2 Å². The van der Waals surface area contributed by atoms with Crippen LogP contribution in [0.5, 0.6) is 0 Å². The molecular weight excluding hydrogens is 234 g/mol. The molecule has 1 aromatic rings. The van der Waals surface area contributed by atoms with E-state index in [9.17, 15) is 0 Å². The van der Waals surface area contributed by atoms with Gasteiger partial charge in [0.15, 0.2) is 5.15 Å². The molecule has 1 aromatic heterocycles. The van der Waals surface area contributed by atoms with Crippen LogP contribution >= 0.6 is 11.6 Å². The summed E-state index contributed by atoms with van der Waals surface area (Å²) in [5, 5.41) is 4.06. The highest BCUT2D eigenvalue weighted by molar-refractivity contribution is 6.31. The summed E-state index contributed by atoms with van der Waals surface area (Å²) in [7, 11) is 0. The fourth-order valence-electron chi connectivity index (χ4n) is 2.27. The highest BCUT2D eigenvalue weighted by Gasteiger charge is 2.20. The Balaban J connectivity index is 1.88. The number of nitrogens with zero attached hydrogens (tertiary/aromatic N) is 2. The Morgan fingerprint density at radius 1 is 1.41 bits per heavy atom. The predicted octanol–water partition coefficient (Wildman–Crippen LogP) is 3.02. The van der Waals surface area contributed by atoms with Gasteiger partial charge in [0.2, 0.25) is 0 Å². The van der Waals surface area contributed by atoms with Crippen LogP contribution in [0, 0.1) is 0 Å². The van der Waals surface area contributed by atoms with Crippen LogP contribution in [0.25, 0.3) is 0 Å². The van der Waals surface area contributed by atoms with Gasteiger partial charge in [-0.3, -0.25) is 0 Å². The Bertz CT molecular complexity index is 359. The van der Waals surface area contributed by atoms with Crippen molar-refractivity contribution in [1.29, 1.82) is 0 Å². The van der Waals surface area contributed by atoms with Crippen molar-refractivity contribution >= 4 is 17.3 Å². The second-order valence-electron chi connectivity index (χ2n) is 4.89. The van der Waals surface area contributed by atoms with Gasteiger partial charge in [0.25, 0.3) is 0 Å². The molecule has 0 unspecified atom stereocenters. The number of piperidine rings is 1. The quantitative estimate of drug-likeness (QED) is 0.840. The molecule has 0 aromatic carbocycles. The van der Waals surface area contributed by atoms with E-state index in [4.69, 9.17) is 11.6 Å². The fraction of sp³-hybridized carbons (Fsp3) is 0.615. The molecule has 0 saturated carbocycles. The molecule has 1 aliphatic rings. The van der Waals surface area contributed by atoms with E-state index in [2.05, 4.69) is 29.0 Å². The molecule has 1 fully saturated rings. The minimum absolute atomic E-state index is 0.520. The van der Waals surface area contributed by atoms with Crippen LogP contribution in [0.4, 0.5) is 5.69 Å². The Morgan fingerprint density at radius 3 is 2.71 bits per heavy atom. The lowest BCUT2D eigenvalue weighted by Crippen LogP contribution is -2.42. The van der Waals surface area contributed by atoms with Gasteiger partial charge in [-0.05, 0) is 38.8 Å². The van der Waals surface area contributed by atoms with E-state index in [0.717, 1.165) is 18.8 Å². The first-order valence-corrected chi connectivity index (χ1v) is 6.65. The second kappa shape index (κ2) is 5.69. The van der Waals surface area contributed by atoms with Crippen LogP contribution in [-0.4, -0.2) is 35.1 Å². The van der Waals surface area contributed by atoms with Crippen molar-refractivity contribution in [3.8, 4) is 0 Å². The van der Waals surface area contributed by atoms with Crippen molar-refractivity contribution < 1.29 is 0 Å². The largest absolute Gasteiger partial charge is 0.380 e. The van der Waals surface area contributed by atoms with Gasteiger partial charge in [-0.1, -0.05) is 11.6 Å². The van der Waals surface area contributed by atoms with E-state index >= 15 is 0 Å². The molecule has 1 N–H and O–H groups in total. The monoisotopic (exact) mass is 253 g/mol. The lowest BCUT2D eigenvalue weighted by Gasteiger charge is -2.35. The number of halogens is 1. The SMILES string of the molecule is CC(C)N1CCC(Nc2cccnc2Cl)CC1. The summed E-state index contributed by atoms with van der Waals surface area (Å²) < 4.78 is 0. The van der Waals surface area contributed by atoms with Crippen molar-refractivity contribution in [2.75, 3.05) is 18.4 Å². The van der Waals surface area contributed by atoms with E-state index in [0.29, 0.717) is 17.2 Å². The van der Waals surface area contributed by atoms with Crippen LogP contribution in [0.15, 0.2) is 18.3 Å². The molecule has 0 amide bonds. The average molecular weight is 254 g/mol. The molecule has 0 radical (unpaired) electrons. The molecule has 94 valence electrons. The zero-order chi connectivity index (χ0) is 12.3. The number of nitrogens with one attached hydrogen (secondary N) is 1. The minimum Gasteiger partial charge on any atom is -0.380 e. The normalized spacial score (nSPS) is 18.6. The van der Waals surface area contributed by atoms with Crippen LogP contribution in [0.3, 0.4) is 0 Å². The number of likely N-dealkylation sites (tertiary alicyclic amines) is 1. The van der Waals surface area contributed by atoms with Crippen LogP contribution in [-0.2, 0) is 0 Å². The van der Waals surface area contributed by atoms with E-state index in [1.807, 2.05) is 12.1 Å². The predicted molar refractivity (Wildman–Crippen MR) is 72.6 cm³/mol. The summed E-state index contributed by atoms with van der Waals surface area (Å²) in [5.74, 6) is 0. The number of aromatic nitrogens is 1. The summed E-state index contributed by atoms with van der Waals surface area (Å²) >= 11 is 6.04. The molecule has 1 saturated heterocycles. The molecule has 1 aliphatic heterocycles. The van der Waals surface area contributed by atoms with E-state index < -0.39 is 0 Å². The molecule has 0 bridgehead atoms. The number of rotatable bonds is 3. The fourth-order valence-corrected chi connectivity index (χ4v) is 2.45. The van der Waals surface area contributed by atoms with Gasteiger partial charge >= 0.3 is 0 Å². The standard InChI is InChI=1S/C13H20ClN3/c1-10(2)17-8-5-11(6-9-17)16-12-4-3-7-15-13(12)14/h3-4,7,10-11,16H,5-6,8-9H2,1-2H3. The Labute approximate surface area is 108 Å². The van der Waals surface area contributed by atoms with Crippen LogP contribution in [0.1, 0.15) is 26.7 Å². The van der Waals surface area contributed by atoms with Gasteiger partial charge in [0.05, 0.1) is 5.69 Å². The van der Waals surface area contributed by atoms with E-state index in [-0.39, 0.29) is 0 Å². The molecule has 0 atom stereocenters. The average Bonchev–Trinajstić information content (AvgIpc) is 2.33. The zero-order valence-electron chi connectivity index (χ0n) is 10.5. The van der Waals surface area contributed by atoms with E-state index in [1.165, 1.54) is 12.8 Å². The first-order chi connectivity index (χ1) is 8.16. The van der Waals surface area contributed by atoms with Gasteiger partial charge in [0, 0.05) is 31.4 Å². The summed E-state index contributed by atoms with van der Waals surface area (Å²) in [5.41, 5.74) is 0.956. The molecule has 2 heterocycles. The van der Waals surface area contributed by atoms with Gasteiger partial charge in [-0.2, -0.15) is 0 Å². The maximum atomic E-state index is 6.04. The van der Waals surface area contributed by atoms with Crippen molar-refractivity contribution in [2.45, 2.75) is 38.8 Å². The van der Waals surface area contributed by atoms with Crippen LogP contribution in [0.2, 0.25) is 5.15 Å². The van der Waals surface area contributed by atoms with Gasteiger partial charge in [-0.25, -0.2) is 4.98 Å². The summed E-state index contributed by atoms with van der Waals surface area (Å²) in [6.07, 6.45) is 4.06. The van der Waals surface area contributed by atoms with Crippen molar-refractivity contribution in [2.24, 2.45) is 0 Å². The van der Waals surface area contributed by atoms with Gasteiger partial charge in [-0.15, -0.1) is 0 Å². The number of hydrogen-bond acceptors (Lipinski definition) is 3. The van der Waals surface area contributed by atoms with Crippen molar-refractivity contribution in [1.82, 2.24) is 9.88 Å². The van der Waals surface area contributed by atoms with Gasteiger partial charge < -0.3 is 10.2 Å². The smallest absolute Gasteiger partial charge is 0.152 e. The maximum Gasteiger partial charge on any atom is 0.152 e. The van der Waals surface area contributed by atoms with Crippen molar-refractivity contribution in [3.05, 3.63) is 23.5 Å². The lowest BCUT2D eigenvalue weighted by molar-refractivity contribution is 0.177. The minimum atomic E-state index is 0.520. The second-order valence-corrected chi connectivity index (χ2v) is 5.25. The third-order valence-electron chi connectivity index (χ3n) is 3.38. The first-order valence-electron chi connectivity index (χ1n) is 6.28. The molecule has 17 heavy (non-hydrogen) atoms. The highest BCUT2D eigenvalue weighted by atomic mass is 35.5. The Hall–Kier alpha value is -0.800. The number of pyridine rings is 1. The molecule has 4 heteroatoms. The zero-order valence-corrected chi connectivity index (χ0v) is 11.2. The summed E-state index contributed by atoms with van der Waals surface area (Å²) in [6.45, 7) is 6.83. The van der Waals surface area contributed by atoms with Crippen molar-refractivity contribution in [3.63, 3.8) is 0 Å². The number of hydrogen-bond donors (Lipinski definition) is 1. The molecule has 0 aliphatic carbocycles.